The van der Waals surface area contributed by atoms with Gasteiger partial charge in [0.1, 0.15) is 0 Å². The lowest BCUT2D eigenvalue weighted by atomic mass is 9.89. The Morgan fingerprint density at radius 1 is 1.39 bits per heavy atom. The lowest BCUT2D eigenvalue weighted by molar-refractivity contribution is 0.363. The van der Waals surface area contributed by atoms with Crippen LogP contribution in [0.1, 0.15) is 44.6 Å². The number of oxazole rings is 1. The van der Waals surface area contributed by atoms with Crippen LogP contribution in [0.3, 0.4) is 0 Å². The summed E-state index contributed by atoms with van der Waals surface area (Å²) in [6.07, 6.45) is 1.96. The summed E-state index contributed by atoms with van der Waals surface area (Å²) in [7, 11) is 0. The third kappa shape index (κ3) is 3.16. The van der Waals surface area contributed by atoms with Gasteiger partial charge in [0.05, 0.1) is 10.9 Å². The number of hydrogen-bond acceptors (Lipinski definition) is 2. The zero-order valence-corrected chi connectivity index (χ0v) is 11.7. The Morgan fingerprint density at radius 2 is 2.11 bits per heavy atom. The molecule has 0 aliphatic carbocycles. The fraction of sp³-hybridized carbons (Fsp3) is 0.500. The number of aromatic nitrogens is 1. The molecule has 1 unspecified atom stereocenters. The van der Waals surface area contributed by atoms with Crippen LogP contribution in [0.5, 0.6) is 0 Å². The van der Waals surface area contributed by atoms with E-state index in [4.69, 9.17) is 16.0 Å². The smallest absolute Gasteiger partial charge is 0.408 e. The number of halogens is 1. The molecule has 0 spiro atoms. The Kier molecular flexibility index (Phi) is 3.53. The molecular weight excluding hydrogens is 250 g/mol. The molecular formula is C14H18ClNO2. The summed E-state index contributed by atoms with van der Waals surface area (Å²) in [5, 5.41) is -0.0474. The SMILES string of the molecule is CC(C)(C)CCC(Cl)c1ccc2[nH]c(=O)oc2c1. The predicted molar refractivity (Wildman–Crippen MR) is 74.1 cm³/mol. The van der Waals surface area contributed by atoms with Crippen molar-refractivity contribution in [3.63, 3.8) is 0 Å². The van der Waals surface area contributed by atoms with Crippen LogP contribution in [-0.2, 0) is 0 Å². The second kappa shape index (κ2) is 4.81. The average Bonchev–Trinajstić information content (AvgIpc) is 2.63. The predicted octanol–water partition coefficient (Wildman–Crippen LogP) is 4.23. The molecule has 0 fully saturated rings. The summed E-state index contributed by atoms with van der Waals surface area (Å²) in [4.78, 5) is 13.7. The molecule has 1 heterocycles. The van der Waals surface area contributed by atoms with Gasteiger partial charge in [-0.05, 0) is 36.0 Å². The summed E-state index contributed by atoms with van der Waals surface area (Å²) in [6, 6.07) is 5.61. The highest BCUT2D eigenvalue weighted by atomic mass is 35.5. The van der Waals surface area contributed by atoms with E-state index in [1.807, 2.05) is 18.2 Å². The van der Waals surface area contributed by atoms with E-state index < -0.39 is 5.76 Å². The topological polar surface area (TPSA) is 46.0 Å². The molecule has 0 radical (unpaired) electrons. The van der Waals surface area contributed by atoms with Crippen molar-refractivity contribution in [2.75, 3.05) is 0 Å². The molecule has 98 valence electrons. The fourth-order valence-electron chi connectivity index (χ4n) is 1.88. The van der Waals surface area contributed by atoms with E-state index in [0.29, 0.717) is 11.1 Å². The maximum Gasteiger partial charge on any atom is 0.417 e. The van der Waals surface area contributed by atoms with Gasteiger partial charge in [0.15, 0.2) is 5.58 Å². The van der Waals surface area contributed by atoms with Crippen LogP contribution in [0, 0.1) is 5.41 Å². The lowest BCUT2D eigenvalue weighted by Crippen LogP contribution is -2.06. The molecule has 0 amide bonds. The zero-order chi connectivity index (χ0) is 13.3. The summed E-state index contributed by atoms with van der Waals surface area (Å²) in [6.45, 7) is 6.60. The average molecular weight is 268 g/mol. The Balaban J connectivity index is 2.17. The highest BCUT2D eigenvalue weighted by molar-refractivity contribution is 6.20. The standard InChI is InChI=1S/C14H18ClNO2/c1-14(2,3)7-6-10(15)9-4-5-11-12(8-9)18-13(17)16-11/h4-5,8,10H,6-7H2,1-3H3,(H,16,17). The number of fused-ring (bicyclic) bond motifs is 1. The molecule has 1 aromatic heterocycles. The van der Waals surface area contributed by atoms with Crippen molar-refractivity contribution < 1.29 is 4.42 Å². The van der Waals surface area contributed by atoms with Crippen LogP contribution in [0.15, 0.2) is 27.4 Å². The lowest BCUT2D eigenvalue weighted by Gasteiger charge is -2.20. The summed E-state index contributed by atoms with van der Waals surface area (Å²) >= 11 is 6.39. The van der Waals surface area contributed by atoms with Crippen LogP contribution in [0.2, 0.25) is 0 Å². The first-order valence-electron chi connectivity index (χ1n) is 6.12. The van der Waals surface area contributed by atoms with Crippen molar-refractivity contribution in [2.24, 2.45) is 5.41 Å². The van der Waals surface area contributed by atoms with E-state index in [-0.39, 0.29) is 10.8 Å². The molecule has 0 aliphatic rings. The van der Waals surface area contributed by atoms with E-state index in [1.54, 1.807) is 0 Å². The molecule has 1 atom stereocenters. The number of aromatic amines is 1. The van der Waals surface area contributed by atoms with E-state index in [1.165, 1.54) is 0 Å². The van der Waals surface area contributed by atoms with Crippen LogP contribution in [-0.4, -0.2) is 4.98 Å². The first-order chi connectivity index (χ1) is 8.35. The normalized spacial score (nSPS) is 14.0. The molecule has 0 saturated heterocycles. The molecule has 3 nitrogen and oxygen atoms in total. The van der Waals surface area contributed by atoms with Gasteiger partial charge < -0.3 is 4.42 Å². The second-order valence-electron chi connectivity index (χ2n) is 5.84. The van der Waals surface area contributed by atoms with Crippen LogP contribution < -0.4 is 5.76 Å². The van der Waals surface area contributed by atoms with Crippen LogP contribution in [0.25, 0.3) is 11.1 Å². The minimum Gasteiger partial charge on any atom is -0.408 e. The number of rotatable bonds is 3. The number of H-pyrrole nitrogens is 1. The van der Waals surface area contributed by atoms with Gasteiger partial charge in [0, 0.05) is 0 Å². The van der Waals surface area contributed by atoms with Crippen molar-refractivity contribution in [2.45, 2.75) is 39.0 Å². The summed E-state index contributed by atoms with van der Waals surface area (Å²) < 4.78 is 5.03. The fourth-order valence-corrected chi connectivity index (χ4v) is 2.13. The molecule has 2 rings (SSSR count). The van der Waals surface area contributed by atoms with Gasteiger partial charge in [-0.15, -0.1) is 11.6 Å². The van der Waals surface area contributed by atoms with Gasteiger partial charge in [0.2, 0.25) is 0 Å². The zero-order valence-electron chi connectivity index (χ0n) is 10.9. The third-order valence-electron chi connectivity index (χ3n) is 2.95. The van der Waals surface area contributed by atoms with Crippen LogP contribution in [0.4, 0.5) is 0 Å². The van der Waals surface area contributed by atoms with E-state index in [0.717, 1.165) is 18.4 Å². The molecule has 0 bridgehead atoms. The summed E-state index contributed by atoms with van der Waals surface area (Å²) in [5.41, 5.74) is 2.55. The van der Waals surface area contributed by atoms with Gasteiger partial charge in [-0.3, -0.25) is 4.98 Å². The second-order valence-corrected chi connectivity index (χ2v) is 6.36. The maximum absolute atomic E-state index is 11.1. The Morgan fingerprint density at radius 3 is 2.78 bits per heavy atom. The molecule has 1 N–H and O–H groups in total. The molecule has 18 heavy (non-hydrogen) atoms. The third-order valence-corrected chi connectivity index (χ3v) is 3.42. The van der Waals surface area contributed by atoms with Crippen LogP contribution >= 0.6 is 11.6 Å². The maximum atomic E-state index is 11.1. The Bertz CT molecular complexity index is 592. The Hall–Kier alpha value is -1.22. The molecule has 0 aliphatic heterocycles. The quantitative estimate of drug-likeness (QED) is 0.846. The van der Waals surface area contributed by atoms with Crippen molar-refractivity contribution in [3.05, 3.63) is 34.3 Å². The minimum absolute atomic E-state index is 0.0474. The van der Waals surface area contributed by atoms with Crippen molar-refractivity contribution in [3.8, 4) is 0 Å². The molecule has 2 aromatic rings. The first-order valence-corrected chi connectivity index (χ1v) is 6.56. The van der Waals surface area contributed by atoms with Crippen molar-refractivity contribution in [1.29, 1.82) is 0 Å². The van der Waals surface area contributed by atoms with E-state index in [9.17, 15) is 4.79 Å². The van der Waals surface area contributed by atoms with Gasteiger partial charge in [0.25, 0.3) is 0 Å². The number of nitrogens with one attached hydrogen (secondary N) is 1. The van der Waals surface area contributed by atoms with Gasteiger partial charge in [-0.25, -0.2) is 4.79 Å². The number of benzene rings is 1. The Labute approximate surface area is 111 Å². The van der Waals surface area contributed by atoms with E-state index in [2.05, 4.69) is 25.8 Å². The number of hydrogen-bond donors (Lipinski definition) is 1. The number of alkyl halides is 1. The van der Waals surface area contributed by atoms with Gasteiger partial charge in [-0.2, -0.15) is 0 Å². The van der Waals surface area contributed by atoms with Crippen molar-refractivity contribution >= 4 is 22.7 Å². The molecule has 0 saturated carbocycles. The molecule has 4 heteroatoms. The first kappa shape index (κ1) is 13.2. The highest BCUT2D eigenvalue weighted by Crippen LogP contribution is 2.32. The molecule has 1 aromatic carbocycles. The van der Waals surface area contributed by atoms with E-state index >= 15 is 0 Å². The highest BCUT2D eigenvalue weighted by Gasteiger charge is 2.15. The largest absolute Gasteiger partial charge is 0.417 e. The van der Waals surface area contributed by atoms with Gasteiger partial charge >= 0.3 is 5.76 Å². The monoisotopic (exact) mass is 267 g/mol. The minimum atomic E-state index is -0.428. The summed E-state index contributed by atoms with van der Waals surface area (Å²) in [5.74, 6) is -0.428. The van der Waals surface area contributed by atoms with Crippen molar-refractivity contribution in [1.82, 2.24) is 4.98 Å². The van der Waals surface area contributed by atoms with Gasteiger partial charge in [-0.1, -0.05) is 26.8 Å².